The minimum absolute atomic E-state index is 0.138. The Bertz CT molecular complexity index is 609. The summed E-state index contributed by atoms with van der Waals surface area (Å²) in [5.41, 5.74) is 0.00635. The molecule has 6 heteroatoms. The molecule has 0 fully saturated rings. The first-order valence-electron chi connectivity index (χ1n) is 4.94. The first kappa shape index (κ1) is 11.3. The molecule has 0 spiro atoms. The van der Waals surface area contributed by atoms with E-state index in [0.29, 0.717) is 24.2 Å². The molecule has 0 saturated carbocycles. The molecular weight excluding hydrogens is 227 g/mol. The van der Waals surface area contributed by atoms with Crippen molar-refractivity contribution >= 4 is 17.4 Å². The van der Waals surface area contributed by atoms with Crippen LogP contribution in [0.3, 0.4) is 0 Å². The zero-order valence-electron chi connectivity index (χ0n) is 8.77. The van der Waals surface area contributed by atoms with Crippen molar-refractivity contribution in [1.82, 2.24) is 9.97 Å². The number of carbonyl (C=O) groups is 1. The molecule has 2 rings (SSSR count). The fourth-order valence-corrected chi connectivity index (χ4v) is 1.48. The highest BCUT2D eigenvalue weighted by molar-refractivity contribution is 5.77. The number of nitrogens with one attached hydrogen (secondary N) is 1. The average Bonchev–Trinajstić information content (AvgIpc) is 2.31. The summed E-state index contributed by atoms with van der Waals surface area (Å²) in [6, 6.07) is 3.80. The Hall–Kier alpha value is -2.24. The predicted octanol–water partition coefficient (Wildman–Crippen LogP) is 0.778. The van der Waals surface area contributed by atoms with Gasteiger partial charge in [0.2, 0.25) is 0 Å². The van der Waals surface area contributed by atoms with E-state index < -0.39 is 11.4 Å². The van der Waals surface area contributed by atoms with E-state index >= 15 is 0 Å². The van der Waals surface area contributed by atoms with Gasteiger partial charge in [0.15, 0.2) is 0 Å². The minimum atomic E-state index is -0.484. The molecule has 1 heterocycles. The summed E-state index contributed by atoms with van der Waals surface area (Å²) in [6.07, 6.45) is 0.307. The monoisotopic (exact) mass is 236 g/mol. The van der Waals surface area contributed by atoms with Crippen molar-refractivity contribution in [2.24, 2.45) is 0 Å². The number of halogens is 1. The molecule has 0 bridgehead atoms. The van der Waals surface area contributed by atoms with E-state index in [0.717, 1.165) is 6.07 Å². The number of hydrogen-bond donors (Lipinski definition) is 1. The summed E-state index contributed by atoms with van der Waals surface area (Å²) in [5, 5.41) is 0.199. The van der Waals surface area contributed by atoms with Crippen LogP contribution in [0.1, 0.15) is 5.82 Å². The molecule has 0 radical (unpaired) electrons. The van der Waals surface area contributed by atoms with Crippen LogP contribution in [-0.4, -0.2) is 23.0 Å². The van der Waals surface area contributed by atoms with Gasteiger partial charge in [-0.15, -0.1) is 0 Å². The maximum atomic E-state index is 12.9. The Labute approximate surface area is 95.2 Å². The Morgan fingerprint density at radius 2 is 2.29 bits per heavy atom. The van der Waals surface area contributed by atoms with Gasteiger partial charge in [0, 0.05) is 6.42 Å². The van der Waals surface area contributed by atoms with Crippen LogP contribution in [-0.2, 0) is 16.0 Å². The lowest BCUT2D eigenvalue weighted by Gasteiger charge is -2.02. The summed E-state index contributed by atoms with van der Waals surface area (Å²) in [5.74, 6) is -0.0854. The number of fused-ring (bicyclic) bond motifs is 1. The van der Waals surface area contributed by atoms with Crippen LogP contribution in [0.15, 0.2) is 23.0 Å². The molecule has 0 atom stereocenters. The Balaban J connectivity index is 2.38. The fourth-order valence-electron chi connectivity index (χ4n) is 1.48. The van der Waals surface area contributed by atoms with E-state index in [4.69, 9.17) is 0 Å². The van der Waals surface area contributed by atoms with Crippen molar-refractivity contribution < 1.29 is 13.9 Å². The van der Waals surface area contributed by atoms with Gasteiger partial charge in [-0.3, -0.25) is 9.59 Å². The highest BCUT2D eigenvalue weighted by Gasteiger charge is 2.04. The van der Waals surface area contributed by atoms with Gasteiger partial charge in [0.05, 0.1) is 17.5 Å². The van der Waals surface area contributed by atoms with Gasteiger partial charge in [-0.2, -0.15) is 0 Å². The number of benzene rings is 1. The van der Waals surface area contributed by atoms with Crippen molar-refractivity contribution in [3.8, 4) is 0 Å². The Morgan fingerprint density at radius 3 is 3.06 bits per heavy atom. The van der Waals surface area contributed by atoms with Crippen molar-refractivity contribution in [1.29, 1.82) is 0 Å². The number of ether oxygens (including phenoxy) is 1. The molecule has 1 aromatic carbocycles. The lowest BCUT2D eigenvalue weighted by atomic mass is 10.2. The standard InChI is InChI=1S/C11H9FN2O3/c12-7-1-2-9-8(5-7)11(16)14-10(13-9)3-4-17-6-15/h1-2,5-6H,3-4H2,(H,13,14,16). The summed E-state index contributed by atoms with van der Waals surface area (Å²) in [4.78, 5) is 28.2. The topological polar surface area (TPSA) is 72.0 Å². The third kappa shape index (κ3) is 2.47. The zero-order chi connectivity index (χ0) is 12.3. The lowest BCUT2D eigenvalue weighted by Crippen LogP contribution is -2.13. The normalized spacial score (nSPS) is 10.4. The number of nitrogens with zero attached hydrogens (tertiary/aromatic N) is 1. The second-order valence-corrected chi connectivity index (χ2v) is 3.39. The van der Waals surface area contributed by atoms with Gasteiger partial charge in [0.25, 0.3) is 12.0 Å². The van der Waals surface area contributed by atoms with Crippen molar-refractivity contribution in [3.63, 3.8) is 0 Å². The molecule has 0 unspecified atom stereocenters. The van der Waals surface area contributed by atoms with Crippen LogP contribution >= 0.6 is 0 Å². The van der Waals surface area contributed by atoms with E-state index in [2.05, 4.69) is 14.7 Å². The molecule has 5 nitrogen and oxygen atoms in total. The van der Waals surface area contributed by atoms with Crippen LogP contribution in [0.2, 0.25) is 0 Å². The molecule has 1 aromatic heterocycles. The Kier molecular flexibility index (Phi) is 3.13. The third-order valence-electron chi connectivity index (χ3n) is 2.24. The lowest BCUT2D eigenvalue weighted by molar-refractivity contribution is -0.128. The van der Waals surface area contributed by atoms with Crippen LogP contribution in [0.5, 0.6) is 0 Å². The molecule has 0 aliphatic carbocycles. The number of rotatable bonds is 4. The first-order chi connectivity index (χ1) is 8.20. The second kappa shape index (κ2) is 4.73. The first-order valence-corrected chi connectivity index (χ1v) is 4.94. The number of aromatic amines is 1. The zero-order valence-corrected chi connectivity index (χ0v) is 8.77. The number of aromatic nitrogens is 2. The molecule has 17 heavy (non-hydrogen) atoms. The van der Waals surface area contributed by atoms with Crippen molar-refractivity contribution in [2.75, 3.05) is 6.61 Å². The van der Waals surface area contributed by atoms with Crippen LogP contribution in [0.25, 0.3) is 10.9 Å². The van der Waals surface area contributed by atoms with Gasteiger partial charge < -0.3 is 9.72 Å². The quantitative estimate of drug-likeness (QED) is 0.629. The molecule has 88 valence electrons. The minimum Gasteiger partial charge on any atom is -0.467 e. The maximum absolute atomic E-state index is 12.9. The van der Waals surface area contributed by atoms with E-state index in [9.17, 15) is 14.0 Å². The summed E-state index contributed by atoms with van der Waals surface area (Å²) in [7, 11) is 0. The Morgan fingerprint density at radius 1 is 1.47 bits per heavy atom. The van der Waals surface area contributed by atoms with Crippen LogP contribution in [0, 0.1) is 5.82 Å². The maximum Gasteiger partial charge on any atom is 0.293 e. The highest BCUT2D eigenvalue weighted by atomic mass is 19.1. The van der Waals surface area contributed by atoms with Gasteiger partial charge in [-0.25, -0.2) is 9.37 Å². The summed E-state index contributed by atoms with van der Waals surface area (Å²) in [6.45, 7) is 0.466. The van der Waals surface area contributed by atoms with E-state index in [1.54, 1.807) is 0 Å². The third-order valence-corrected chi connectivity index (χ3v) is 2.24. The van der Waals surface area contributed by atoms with Crippen molar-refractivity contribution in [3.05, 3.63) is 40.2 Å². The molecule has 0 aliphatic rings. The molecule has 1 N–H and O–H groups in total. The molecule has 0 saturated heterocycles. The van der Waals surface area contributed by atoms with Gasteiger partial charge in [-0.1, -0.05) is 0 Å². The fraction of sp³-hybridized carbons (Fsp3) is 0.182. The largest absolute Gasteiger partial charge is 0.467 e. The number of H-pyrrole nitrogens is 1. The highest BCUT2D eigenvalue weighted by Crippen LogP contribution is 2.09. The van der Waals surface area contributed by atoms with E-state index in [1.807, 2.05) is 0 Å². The molecule has 0 amide bonds. The van der Waals surface area contributed by atoms with Gasteiger partial charge in [0.1, 0.15) is 11.6 Å². The number of hydrogen-bond acceptors (Lipinski definition) is 4. The number of carbonyl (C=O) groups excluding carboxylic acids is 1. The summed E-state index contributed by atoms with van der Waals surface area (Å²) < 4.78 is 17.4. The smallest absolute Gasteiger partial charge is 0.293 e. The van der Waals surface area contributed by atoms with Gasteiger partial charge >= 0.3 is 0 Å². The van der Waals surface area contributed by atoms with Gasteiger partial charge in [-0.05, 0) is 18.2 Å². The van der Waals surface area contributed by atoms with E-state index in [1.165, 1.54) is 12.1 Å². The summed E-state index contributed by atoms with van der Waals surface area (Å²) >= 11 is 0. The molecular formula is C11H9FN2O3. The molecule has 0 aliphatic heterocycles. The SMILES string of the molecule is O=COCCc1nc2ccc(F)cc2c(=O)[nH]1. The van der Waals surface area contributed by atoms with Crippen molar-refractivity contribution in [2.45, 2.75) is 6.42 Å². The predicted molar refractivity (Wildman–Crippen MR) is 58.0 cm³/mol. The van der Waals surface area contributed by atoms with Crippen LogP contribution in [0.4, 0.5) is 4.39 Å². The van der Waals surface area contributed by atoms with Crippen LogP contribution < -0.4 is 5.56 Å². The van der Waals surface area contributed by atoms with E-state index in [-0.39, 0.29) is 12.0 Å². The second-order valence-electron chi connectivity index (χ2n) is 3.39. The average molecular weight is 236 g/mol. The molecule has 2 aromatic rings.